The zero-order valence-corrected chi connectivity index (χ0v) is 12.8. The van der Waals surface area contributed by atoms with Gasteiger partial charge in [-0.3, -0.25) is 9.69 Å². The largest absolute Gasteiger partial charge is 0.480 e. The Balaban J connectivity index is 1.83. The molecule has 0 spiro atoms. The molecular formula is C13H23N3O3S. The van der Waals surface area contributed by atoms with Gasteiger partial charge in [-0.05, 0) is 19.1 Å². The Labute approximate surface area is 124 Å². The average Bonchev–Trinajstić information content (AvgIpc) is 2.75. The maximum Gasteiger partial charge on any atom is 0.320 e. The summed E-state index contributed by atoms with van der Waals surface area (Å²) < 4.78 is 0. The summed E-state index contributed by atoms with van der Waals surface area (Å²) in [6.45, 7) is 5.91. The predicted molar refractivity (Wildman–Crippen MR) is 79.2 cm³/mol. The third-order valence-electron chi connectivity index (χ3n) is 3.98. The molecule has 0 saturated carbocycles. The molecule has 0 aromatic carbocycles. The Morgan fingerprint density at radius 1 is 1.00 bits per heavy atom. The maximum absolute atomic E-state index is 12.4. The zero-order valence-electron chi connectivity index (χ0n) is 12.0. The van der Waals surface area contributed by atoms with Crippen LogP contribution in [0.5, 0.6) is 0 Å². The number of amides is 2. The van der Waals surface area contributed by atoms with Crippen molar-refractivity contribution in [2.45, 2.75) is 19.4 Å². The number of carbonyl (C=O) groups excluding carboxylic acids is 1. The molecule has 2 fully saturated rings. The second kappa shape index (κ2) is 7.17. The van der Waals surface area contributed by atoms with Gasteiger partial charge >= 0.3 is 12.0 Å². The molecule has 0 aromatic rings. The first-order valence-corrected chi connectivity index (χ1v) is 8.33. The molecule has 114 valence electrons. The average molecular weight is 301 g/mol. The minimum atomic E-state index is -0.797. The molecule has 0 aliphatic carbocycles. The standard InChI is InChI=1S/C13H23N3O3S/c1-11(12(17)18)14-4-6-16(7-5-14)13(19)15-3-2-9-20-10-8-15/h11H,2-10H2,1H3,(H,17,18). The Bertz CT molecular complexity index is 351. The molecule has 2 aliphatic heterocycles. The van der Waals surface area contributed by atoms with Crippen LogP contribution in [0.4, 0.5) is 4.79 Å². The fourth-order valence-corrected chi connectivity index (χ4v) is 3.48. The van der Waals surface area contributed by atoms with Crippen molar-refractivity contribution in [3.05, 3.63) is 0 Å². The lowest BCUT2D eigenvalue weighted by atomic mass is 10.2. The van der Waals surface area contributed by atoms with Crippen molar-refractivity contribution < 1.29 is 14.7 Å². The van der Waals surface area contributed by atoms with Gasteiger partial charge in [-0.15, -0.1) is 0 Å². The van der Waals surface area contributed by atoms with Gasteiger partial charge in [0.2, 0.25) is 0 Å². The van der Waals surface area contributed by atoms with Crippen LogP contribution in [-0.2, 0) is 4.79 Å². The number of hydrogen-bond acceptors (Lipinski definition) is 4. The number of urea groups is 1. The zero-order chi connectivity index (χ0) is 14.5. The highest BCUT2D eigenvalue weighted by Gasteiger charge is 2.29. The number of thioether (sulfide) groups is 1. The highest BCUT2D eigenvalue weighted by Crippen LogP contribution is 2.14. The number of carboxylic acid groups (broad SMARTS) is 1. The number of hydrogen-bond donors (Lipinski definition) is 1. The first-order valence-electron chi connectivity index (χ1n) is 7.18. The van der Waals surface area contributed by atoms with Crippen LogP contribution in [0.2, 0.25) is 0 Å². The Hall–Kier alpha value is -0.950. The highest BCUT2D eigenvalue weighted by molar-refractivity contribution is 7.99. The van der Waals surface area contributed by atoms with Crippen molar-refractivity contribution in [2.75, 3.05) is 50.8 Å². The summed E-state index contributed by atoms with van der Waals surface area (Å²) in [5, 5.41) is 9.01. The molecule has 20 heavy (non-hydrogen) atoms. The second-order valence-corrected chi connectivity index (χ2v) is 6.50. The Morgan fingerprint density at radius 2 is 1.65 bits per heavy atom. The Kier molecular flexibility index (Phi) is 5.54. The van der Waals surface area contributed by atoms with Crippen LogP contribution >= 0.6 is 11.8 Å². The van der Waals surface area contributed by atoms with E-state index in [4.69, 9.17) is 5.11 Å². The summed E-state index contributed by atoms with van der Waals surface area (Å²) >= 11 is 1.91. The molecular weight excluding hydrogens is 278 g/mol. The molecule has 1 unspecified atom stereocenters. The summed E-state index contributed by atoms with van der Waals surface area (Å²) in [5.41, 5.74) is 0. The third kappa shape index (κ3) is 3.79. The molecule has 2 saturated heterocycles. The molecule has 2 amide bonds. The monoisotopic (exact) mass is 301 g/mol. The van der Waals surface area contributed by atoms with E-state index in [9.17, 15) is 9.59 Å². The third-order valence-corrected chi connectivity index (χ3v) is 5.03. The van der Waals surface area contributed by atoms with E-state index < -0.39 is 12.0 Å². The minimum Gasteiger partial charge on any atom is -0.480 e. The number of aliphatic carboxylic acids is 1. The molecule has 0 aromatic heterocycles. The molecule has 2 aliphatic rings. The molecule has 1 atom stereocenters. The van der Waals surface area contributed by atoms with Crippen LogP contribution in [0, 0.1) is 0 Å². The van der Waals surface area contributed by atoms with E-state index >= 15 is 0 Å². The minimum absolute atomic E-state index is 0.120. The first-order chi connectivity index (χ1) is 9.59. The molecule has 2 heterocycles. The van der Waals surface area contributed by atoms with Gasteiger partial charge in [0, 0.05) is 45.0 Å². The quantitative estimate of drug-likeness (QED) is 0.811. The molecule has 0 bridgehead atoms. The van der Waals surface area contributed by atoms with Gasteiger partial charge in [0.1, 0.15) is 6.04 Å². The smallest absolute Gasteiger partial charge is 0.320 e. The number of rotatable bonds is 2. The summed E-state index contributed by atoms with van der Waals surface area (Å²) in [6.07, 6.45) is 1.06. The van der Waals surface area contributed by atoms with Gasteiger partial charge in [0.25, 0.3) is 0 Å². The van der Waals surface area contributed by atoms with Crippen LogP contribution < -0.4 is 0 Å². The van der Waals surface area contributed by atoms with Gasteiger partial charge < -0.3 is 14.9 Å². The fraction of sp³-hybridized carbons (Fsp3) is 0.846. The summed E-state index contributed by atoms with van der Waals surface area (Å²) in [6, 6.07) is -0.350. The van der Waals surface area contributed by atoms with Gasteiger partial charge in [-0.2, -0.15) is 11.8 Å². The van der Waals surface area contributed by atoms with E-state index in [0.29, 0.717) is 26.2 Å². The van der Waals surface area contributed by atoms with Crippen LogP contribution in [0.1, 0.15) is 13.3 Å². The van der Waals surface area contributed by atoms with Crippen LogP contribution in [0.15, 0.2) is 0 Å². The topological polar surface area (TPSA) is 64.1 Å². The summed E-state index contributed by atoms with van der Waals surface area (Å²) in [7, 11) is 0. The number of carbonyl (C=O) groups is 2. The molecule has 1 N–H and O–H groups in total. The number of piperazine rings is 1. The van der Waals surface area contributed by atoms with Crippen molar-refractivity contribution >= 4 is 23.8 Å². The number of carboxylic acids is 1. The summed E-state index contributed by atoms with van der Waals surface area (Å²) in [4.78, 5) is 29.1. The van der Waals surface area contributed by atoms with E-state index in [-0.39, 0.29) is 6.03 Å². The van der Waals surface area contributed by atoms with Crippen LogP contribution in [0.25, 0.3) is 0 Å². The van der Waals surface area contributed by atoms with Crippen molar-refractivity contribution in [1.82, 2.24) is 14.7 Å². The van der Waals surface area contributed by atoms with Gasteiger partial charge in [-0.1, -0.05) is 0 Å². The van der Waals surface area contributed by atoms with Gasteiger partial charge in [0.15, 0.2) is 0 Å². The lowest BCUT2D eigenvalue weighted by Gasteiger charge is -2.38. The Morgan fingerprint density at radius 3 is 2.30 bits per heavy atom. The van der Waals surface area contributed by atoms with Gasteiger partial charge in [-0.25, -0.2) is 4.79 Å². The normalized spacial score (nSPS) is 23.2. The van der Waals surface area contributed by atoms with Crippen LogP contribution in [-0.4, -0.2) is 88.6 Å². The first kappa shape index (κ1) is 15.4. The highest BCUT2D eigenvalue weighted by atomic mass is 32.2. The van der Waals surface area contributed by atoms with Crippen molar-refractivity contribution in [1.29, 1.82) is 0 Å². The SMILES string of the molecule is CC(C(=O)O)N1CCN(C(=O)N2CCCSCC2)CC1. The molecule has 2 rings (SSSR count). The van der Waals surface area contributed by atoms with Crippen molar-refractivity contribution in [3.8, 4) is 0 Å². The lowest BCUT2D eigenvalue weighted by molar-refractivity contribution is -0.143. The molecule has 6 nitrogen and oxygen atoms in total. The van der Waals surface area contributed by atoms with Crippen molar-refractivity contribution in [2.24, 2.45) is 0 Å². The van der Waals surface area contributed by atoms with Crippen molar-refractivity contribution in [3.63, 3.8) is 0 Å². The van der Waals surface area contributed by atoms with Crippen LogP contribution in [0.3, 0.4) is 0 Å². The van der Waals surface area contributed by atoms with Gasteiger partial charge in [0.05, 0.1) is 0 Å². The molecule has 7 heteroatoms. The summed E-state index contributed by atoms with van der Waals surface area (Å²) in [5.74, 6) is 1.35. The maximum atomic E-state index is 12.4. The number of nitrogens with zero attached hydrogens (tertiary/aromatic N) is 3. The van der Waals surface area contributed by atoms with E-state index in [0.717, 1.165) is 31.0 Å². The lowest BCUT2D eigenvalue weighted by Crippen LogP contribution is -2.56. The van der Waals surface area contributed by atoms with E-state index in [1.807, 2.05) is 26.5 Å². The molecule has 0 radical (unpaired) electrons. The van der Waals surface area contributed by atoms with E-state index in [1.165, 1.54) is 0 Å². The van der Waals surface area contributed by atoms with E-state index in [1.54, 1.807) is 6.92 Å². The predicted octanol–water partition coefficient (Wildman–Crippen LogP) is 0.636. The second-order valence-electron chi connectivity index (χ2n) is 5.27. The van der Waals surface area contributed by atoms with E-state index in [2.05, 4.69) is 0 Å². The fourth-order valence-electron chi connectivity index (χ4n) is 2.59.